The van der Waals surface area contributed by atoms with Crippen LogP contribution in [0.25, 0.3) is 16.6 Å². The highest BCUT2D eigenvalue weighted by atomic mass is 35.5. The summed E-state index contributed by atoms with van der Waals surface area (Å²) in [5, 5.41) is 5.54. The van der Waals surface area contributed by atoms with Gasteiger partial charge in [-0.15, -0.1) is 0 Å². The van der Waals surface area contributed by atoms with Gasteiger partial charge in [-0.3, -0.25) is 4.79 Å². The number of rotatable bonds is 8. The highest BCUT2D eigenvalue weighted by molar-refractivity contribution is 8.08. The molecular weight excluding hydrogens is 479 g/mol. The lowest BCUT2D eigenvalue weighted by Crippen LogP contribution is -2.35. The molecule has 3 rings (SSSR count). The van der Waals surface area contributed by atoms with Gasteiger partial charge in [0.2, 0.25) is 0 Å². The van der Waals surface area contributed by atoms with E-state index in [1.807, 2.05) is 13.0 Å². The van der Waals surface area contributed by atoms with E-state index in [0.717, 1.165) is 22.0 Å². The Kier molecular flexibility index (Phi) is 8.36. The topological polar surface area (TPSA) is 96.0 Å². The lowest BCUT2D eigenvalue weighted by molar-refractivity contribution is 0.253. The number of fused-ring (bicyclic) bond motifs is 1. The lowest BCUT2D eigenvalue weighted by Gasteiger charge is -2.15. The van der Waals surface area contributed by atoms with Crippen molar-refractivity contribution in [3.05, 3.63) is 90.5 Å². The molecule has 0 aliphatic carbocycles. The third-order valence-corrected chi connectivity index (χ3v) is 5.93. The van der Waals surface area contributed by atoms with Crippen LogP contribution in [0, 0.1) is 5.82 Å². The van der Waals surface area contributed by atoms with Gasteiger partial charge in [0.15, 0.2) is 0 Å². The van der Waals surface area contributed by atoms with Crippen molar-refractivity contribution in [3.8, 4) is 5.69 Å². The molecule has 0 unspecified atom stereocenters. The molecule has 0 aliphatic heterocycles. The molecule has 178 valence electrons. The molecule has 0 spiro atoms. The first-order chi connectivity index (χ1) is 16.2. The van der Waals surface area contributed by atoms with Crippen LogP contribution in [0.15, 0.2) is 67.9 Å². The van der Waals surface area contributed by atoms with Crippen molar-refractivity contribution in [3.63, 3.8) is 0 Å². The molecule has 2 aromatic carbocycles. The number of amides is 2. The normalized spacial score (nSPS) is 11.5. The second kappa shape index (κ2) is 11.2. The molecule has 10 heteroatoms. The number of hydrogen-bond acceptors (Lipinski definition) is 4. The molecule has 0 aliphatic rings. The van der Waals surface area contributed by atoms with E-state index in [9.17, 15) is 14.4 Å². The summed E-state index contributed by atoms with van der Waals surface area (Å²) in [6, 6.07) is 8.60. The molecule has 3 N–H and O–H groups in total. The van der Waals surface area contributed by atoms with E-state index in [-0.39, 0.29) is 23.3 Å². The largest absolute Gasteiger partial charge is 0.333 e. The number of carbonyl (C=O) groups excluding carboxylic acids is 1. The molecule has 1 heterocycles. The van der Waals surface area contributed by atoms with Gasteiger partial charge in [-0.1, -0.05) is 62.0 Å². The molecule has 0 saturated carbocycles. The highest BCUT2D eigenvalue weighted by Crippen LogP contribution is 2.27. The predicted molar refractivity (Wildman–Crippen MR) is 137 cm³/mol. The zero-order valence-electron chi connectivity index (χ0n) is 18.7. The van der Waals surface area contributed by atoms with Gasteiger partial charge < -0.3 is 15.6 Å². The quantitative estimate of drug-likeness (QED) is 0.392. The van der Waals surface area contributed by atoms with Crippen molar-refractivity contribution >= 4 is 46.0 Å². The number of H-pyrrole nitrogens is 1. The molecule has 3 aromatic rings. The summed E-state index contributed by atoms with van der Waals surface area (Å²) < 4.78 is 16.4. The van der Waals surface area contributed by atoms with Gasteiger partial charge in [0.05, 0.1) is 27.5 Å². The third kappa shape index (κ3) is 5.78. The minimum atomic E-state index is -0.807. The fraction of sp³-hybridized carbons (Fsp3) is 0.208. The van der Waals surface area contributed by atoms with Gasteiger partial charge in [0, 0.05) is 10.6 Å². The number of aromatic nitrogens is 2. The first-order valence-electron chi connectivity index (χ1n) is 10.6. The van der Waals surface area contributed by atoms with Gasteiger partial charge in [-0.25, -0.2) is 18.5 Å². The molecule has 1 aromatic heterocycles. The van der Waals surface area contributed by atoms with Crippen molar-refractivity contribution in [1.82, 2.24) is 14.9 Å². The van der Waals surface area contributed by atoms with Crippen LogP contribution in [-0.2, 0) is 6.42 Å². The number of carbonyl (C=O) groups is 1. The molecular formula is C24H24ClFN4O3S. The first kappa shape index (κ1) is 25.3. The van der Waals surface area contributed by atoms with Crippen LogP contribution in [0.4, 0.5) is 14.9 Å². The predicted octanol–water partition coefficient (Wildman–Crippen LogP) is 5.24. The fourth-order valence-corrected chi connectivity index (χ4v) is 4.45. The van der Waals surface area contributed by atoms with Crippen LogP contribution >= 0.6 is 23.4 Å². The molecule has 0 fully saturated rings. The van der Waals surface area contributed by atoms with Gasteiger partial charge in [-0.05, 0) is 42.7 Å². The van der Waals surface area contributed by atoms with Crippen LogP contribution < -0.4 is 21.9 Å². The Hall–Kier alpha value is -3.30. The summed E-state index contributed by atoms with van der Waals surface area (Å²) in [7, 11) is 0. The van der Waals surface area contributed by atoms with Crippen molar-refractivity contribution < 1.29 is 9.18 Å². The fourth-order valence-electron chi connectivity index (χ4n) is 3.48. The number of halogens is 2. The van der Waals surface area contributed by atoms with Crippen LogP contribution in [0.2, 0.25) is 0 Å². The summed E-state index contributed by atoms with van der Waals surface area (Å²) in [6.45, 7) is 7.58. The van der Waals surface area contributed by atoms with Gasteiger partial charge >= 0.3 is 11.7 Å². The standard InChI is InChI=1S/C24H24ClFN4O3S/c1-4-8-17(34-14(3)25)13-27-23(32)28-16-11-15(5-2)21(19(26)12-16)30-22(31)18-9-6-7-10-20(18)29-24(30)33/h6-12H,3-5,13H2,1-2H3,(H,29,33)(H2,27,28,32)/b17-8-. The van der Waals surface area contributed by atoms with Crippen molar-refractivity contribution in [1.29, 1.82) is 0 Å². The molecule has 7 nitrogen and oxygen atoms in total. The number of thioether (sulfide) groups is 1. The third-order valence-electron chi connectivity index (χ3n) is 4.91. The van der Waals surface area contributed by atoms with Crippen LogP contribution in [-0.4, -0.2) is 22.1 Å². The minimum Gasteiger partial charge on any atom is -0.333 e. The maximum Gasteiger partial charge on any atom is 0.333 e. The van der Waals surface area contributed by atoms with Crippen LogP contribution in [0.3, 0.4) is 0 Å². The van der Waals surface area contributed by atoms with Gasteiger partial charge in [0.1, 0.15) is 5.82 Å². The number of nitrogens with zero attached hydrogens (tertiary/aromatic N) is 1. The molecule has 34 heavy (non-hydrogen) atoms. The number of anilines is 1. The van der Waals surface area contributed by atoms with Gasteiger partial charge in [0.25, 0.3) is 5.56 Å². The number of aryl methyl sites for hydroxylation is 1. The summed E-state index contributed by atoms with van der Waals surface area (Å²) in [6.07, 6.45) is 3.00. The summed E-state index contributed by atoms with van der Waals surface area (Å²) in [5.41, 5.74) is -0.565. The van der Waals surface area contributed by atoms with Crippen molar-refractivity contribution in [2.45, 2.75) is 26.7 Å². The van der Waals surface area contributed by atoms with Crippen molar-refractivity contribution in [2.24, 2.45) is 0 Å². The van der Waals surface area contributed by atoms with Crippen LogP contribution in [0.1, 0.15) is 25.8 Å². The van der Waals surface area contributed by atoms with E-state index < -0.39 is 23.1 Å². The molecule has 0 radical (unpaired) electrons. The minimum absolute atomic E-state index is 0.143. The van der Waals surface area contributed by atoms with E-state index in [2.05, 4.69) is 22.2 Å². The Bertz CT molecular complexity index is 1400. The van der Waals surface area contributed by atoms with Gasteiger partial charge in [-0.2, -0.15) is 0 Å². The Morgan fingerprint density at radius 1 is 1.26 bits per heavy atom. The highest BCUT2D eigenvalue weighted by Gasteiger charge is 2.18. The number of nitrogens with one attached hydrogen (secondary N) is 3. The van der Waals surface area contributed by atoms with E-state index in [1.165, 1.54) is 17.8 Å². The Morgan fingerprint density at radius 2 is 2.00 bits per heavy atom. The first-order valence-corrected chi connectivity index (χ1v) is 11.8. The Morgan fingerprint density at radius 3 is 2.68 bits per heavy atom. The summed E-state index contributed by atoms with van der Waals surface area (Å²) >= 11 is 7.08. The monoisotopic (exact) mass is 502 g/mol. The van der Waals surface area contributed by atoms with Crippen LogP contribution in [0.5, 0.6) is 0 Å². The number of para-hydroxylation sites is 1. The zero-order chi connectivity index (χ0) is 24.8. The second-order valence-electron chi connectivity index (χ2n) is 7.28. The number of aromatic amines is 1. The molecule has 0 saturated heterocycles. The van der Waals surface area contributed by atoms with Crippen molar-refractivity contribution in [2.75, 3.05) is 11.9 Å². The zero-order valence-corrected chi connectivity index (χ0v) is 20.3. The number of allylic oxidation sites excluding steroid dienone is 1. The number of hydrogen-bond donors (Lipinski definition) is 3. The maximum absolute atomic E-state index is 15.2. The number of benzene rings is 2. The van der Waals surface area contributed by atoms with E-state index in [4.69, 9.17) is 11.6 Å². The SMILES string of the molecule is C=C(Cl)S/C(=C\CC)CNC(=O)Nc1cc(F)c(-n2c(=O)[nH]c3ccccc3c2=O)c(CC)c1. The smallest absolute Gasteiger partial charge is 0.333 e. The average molecular weight is 503 g/mol. The molecule has 2 amide bonds. The second-order valence-corrected chi connectivity index (χ2v) is 9.18. The summed E-state index contributed by atoms with van der Waals surface area (Å²) in [4.78, 5) is 41.5. The maximum atomic E-state index is 15.2. The van der Waals surface area contributed by atoms with E-state index >= 15 is 4.39 Å². The number of urea groups is 1. The lowest BCUT2D eigenvalue weighted by atomic mass is 10.1. The summed E-state index contributed by atoms with van der Waals surface area (Å²) in [5.74, 6) is -0.807. The molecule has 0 bridgehead atoms. The Balaban J connectivity index is 1.91. The Labute approximate surface area is 204 Å². The average Bonchev–Trinajstić information content (AvgIpc) is 2.78. The van der Waals surface area contributed by atoms with E-state index in [0.29, 0.717) is 21.9 Å². The molecule has 0 atom stereocenters. The van der Waals surface area contributed by atoms with E-state index in [1.54, 1.807) is 31.2 Å².